The number of rotatable bonds is 2. The van der Waals surface area contributed by atoms with Gasteiger partial charge < -0.3 is 10.0 Å². The topological polar surface area (TPSA) is 40.5 Å². The average Bonchev–Trinajstić information content (AvgIpc) is 3.78. The zero-order valence-electron chi connectivity index (χ0n) is 21.6. The Morgan fingerprint density at radius 3 is 1.88 bits per heavy atom. The van der Waals surface area contributed by atoms with Gasteiger partial charge in [-0.05, 0) is 104 Å². The van der Waals surface area contributed by atoms with Crippen LogP contribution in [-0.2, 0) is 12.8 Å². The summed E-state index contributed by atoms with van der Waals surface area (Å²) in [4.78, 5) is 1.39. The van der Waals surface area contributed by atoms with Crippen LogP contribution >= 0.6 is 45.3 Å². The maximum absolute atomic E-state index is 8.89. The van der Waals surface area contributed by atoms with Crippen molar-refractivity contribution in [2.45, 2.75) is 12.8 Å². The lowest BCUT2D eigenvalue weighted by Crippen LogP contribution is -2.26. The van der Waals surface area contributed by atoms with E-state index < -0.39 is 7.12 Å². The van der Waals surface area contributed by atoms with E-state index in [0.29, 0.717) is 4.78 Å². The van der Waals surface area contributed by atoms with Gasteiger partial charge in [-0.25, -0.2) is 0 Å². The summed E-state index contributed by atoms with van der Waals surface area (Å²) in [7, 11) is -1.35. The summed E-state index contributed by atoms with van der Waals surface area (Å²) < 4.78 is 4.44. The van der Waals surface area contributed by atoms with Crippen molar-refractivity contribution in [1.29, 1.82) is 0 Å². The molecule has 196 valence electrons. The molecule has 8 rings (SSSR count). The van der Waals surface area contributed by atoms with Gasteiger partial charge in [0.15, 0.2) is 0 Å². The zero-order chi connectivity index (χ0) is 27.5. The minimum Gasteiger partial charge on any atom is -0.423 e. The zero-order valence-corrected chi connectivity index (χ0v) is 25.4. The van der Waals surface area contributed by atoms with E-state index in [2.05, 4.69) is 114 Å². The van der Waals surface area contributed by atoms with Crippen molar-refractivity contribution in [2.75, 3.05) is 0 Å². The highest BCUT2D eigenvalue weighted by atomic mass is 127. The van der Waals surface area contributed by atoms with Crippen molar-refractivity contribution in [3.8, 4) is 10.4 Å². The Hall–Kier alpha value is -3.01. The van der Waals surface area contributed by atoms with E-state index in [1.54, 1.807) is 6.07 Å². The maximum atomic E-state index is 8.89. The van der Waals surface area contributed by atoms with Crippen LogP contribution in [0, 0.1) is 3.57 Å². The highest BCUT2D eigenvalue weighted by Crippen LogP contribution is 2.38. The Morgan fingerprint density at radius 2 is 1.23 bits per heavy atom. The van der Waals surface area contributed by atoms with Crippen molar-refractivity contribution in [3.63, 3.8) is 0 Å². The van der Waals surface area contributed by atoms with E-state index in [-0.39, 0.29) is 0 Å². The normalized spacial score (nSPS) is 12.5. The second-order valence-electron chi connectivity index (χ2n) is 9.60. The van der Waals surface area contributed by atoms with Crippen LogP contribution in [0.25, 0.3) is 42.8 Å². The first kappa shape index (κ1) is 27.2. The molecule has 2 N–H and O–H groups in total. The van der Waals surface area contributed by atoms with E-state index in [0.717, 1.165) is 22.9 Å². The molecule has 0 aliphatic heterocycles. The molecule has 2 heterocycles. The van der Waals surface area contributed by atoms with Crippen LogP contribution in [0.2, 0.25) is 0 Å². The maximum Gasteiger partial charge on any atom is 0.499 e. The van der Waals surface area contributed by atoms with Gasteiger partial charge in [-0.15, -0.1) is 22.7 Å². The summed E-state index contributed by atoms with van der Waals surface area (Å²) >= 11 is 5.68. The van der Waals surface area contributed by atoms with Crippen molar-refractivity contribution in [3.05, 3.63) is 135 Å². The highest BCUT2D eigenvalue weighted by molar-refractivity contribution is 14.1. The fraction of sp³-hybridized carbons (Fsp3) is 0.0588. The predicted molar refractivity (Wildman–Crippen MR) is 184 cm³/mol. The average molecular weight is 668 g/mol. The molecule has 0 amide bonds. The van der Waals surface area contributed by atoms with Gasteiger partial charge in [-0.3, -0.25) is 0 Å². The number of thiophene rings is 2. The summed E-state index contributed by atoms with van der Waals surface area (Å²) in [6.07, 6.45) is 11.1. The van der Waals surface area contributed by atoms with E-state index >= 15 is 0 Å². The van der Waals surface area contributed by atoms with Crippen molar-refractivity contribution in [2.24, 2.45) is 0 Å². The number of hydrogen-bond donors (Lipinski definition) is 2. The smallest absolute Gasteiger partial charge is 0.423 e. The van der Waals surface area contributed by atoms with Crippen LogP contribution in [0.5, 0.6) is 0 Å². The number of benzene rings is 4. The standard InChI is InChI=1S/C17H12S.C9H7I.C8H7BO2S/c1-2-10-16-13(5-1)11-17(18-16)15-9-4-7-12-6-3-8-14(12)15;10-9-6-2-4-7-3-1-5-8(7)9;10-9(11)8-5-6-3-1-2-4-7(6)12-8/h1-7,9-11H,8H2;1-4,6H,5H2;1-5,10-11H. The molecular weight excluding hydrogens is 642 g/mol. The summed E-state index contributed by atoms with van der Waals surface area (Å²) in [5.74, 6) is 0. The Labute approximate surface area is 256 Å². The quantitative estimate of drug-likeness (QED) is 0.143. The summed E-state index contributed by atoms with van der Waals surface area (Å²) in [6, 6.07) is 33.6. The molecule has 40 heavy (non-hydrogen) atoms. The fourth-order valence-electron chi connectivity index (χ4n) is 5.02. The first-order valence-electron chi connectivity index (χ1n) is 13.1. The van der Waals surface area contributed by atoms with Crippen molar-refractivity contribution >= 4 is 89.5 Å². The van der Waals surface area contributed by atoms with Gasteiger partial charge >= 0.3 is 7.12 Å². The largest absolute Gasteiger partial charge is 0.499 e. The molecular formula is C34H26BIO2S2. The molecule has 6 aromatic rings. The molecule has 4 aromatic carbocycles. The Kier molecular flexibility index (Phi) is 8.32. The fourth-order valence-corrected chi connectivity index (χ4v) is 7.81. The molecule has 0 radical (unpaired) electrons. The van der Waals surface area contributed by atoms with Crippen LogP contribution in [-0.4, -0.2) is 17.2 Å². The van der Waals surface area contributed by atoms with Gasteiger partial charge in [0.05, 0.1) is 0 Å². The molecule has 0 bridgehead atoms. The van der Waals surface area contributed by atoms with Gasteiger partial charge in [0.25, 0.3) is 0 Å². The lowest BCUT2D eigenvalue weighted by atomic mass is 9.89. The van der Waals surface area contributed by atoms with Crippen LogP contribution in [0.3, 0.4) is 0 Å². The monoisotopic (exact) mass is 668 g/mol. The minimum absolute atomic E-state index is 0.594. The second-order valence-corrected chi connectivity index (χ2v) is 13.0. The summed E-state index contributed by atoms with van der Waals surface area (Å²) in [6.45, 7) is 0. The van der Waals surface area contributed by atoms with E-state index in [1.165, 1.54) is 57.7 Å². The summed E-state index contributed by atoms with van der Waals surface area (Å²) in [5.41, 5.74) is 7.14. The van der Waals surface area contributed by atoms with Gasteiger partial charge in [0.1, 0.15) is 0 Å². The Bertz CT molecular complexity index is 1800. The van der Waals surface area contributed by atoms with Gasteiger partial charge in [0, 0.05) is 22.6 Å². The van der Waals surface area contributed by atoms with Crippen LogP contribution in [0.15, 0.2) is 109 Å². The number of fused-ring (bicyclic) bond motifs is 4. The third-order valence-corrected chi connectivity index (χ3v) is 10.3. The molecule has 0 spiro atoms. The molecule has 6 heteroatoms. The van der Waals surface area contributed by atoms with E-state index in [4.69, 9.17) is 10.0 Å². The molecule has 2 aliphatic carbocycles. The van der Waals surface area contributed by atoms with Crippen LogP contribution in [0.4, 0.5) is 0 Å². The lowest BCUT2D eigenvalue weighted by molar-refractivity contribution is 0.427. The predicted octanol–water partition coefficient (Wildman–Crippen LogP) is 8.58. The molecule has 2 aromatic heterocycles. The highest BCUT2D eigenvalue weighted by Gasteiger charge is 2.14. The number of allylic oxidation sites excluding steroid dienone is 2. The van der Waals surface area contributed by atoms with E-state index in [9.17, 15) is 0 Å². The number of hydrogen-bond acceptors (Lipinski definition) is 4. The van der Waals surface area contributed by atoms with Crippen LogP contribution < -0.4 is 4.78 Å². The third kappa shape index (κ3) is 5.87. The minimum atomic E-state index is -1.35. The van der Waals surface area contributed by atoms with Crippen molar-refractivity contribution in [1.82, 2.24) is 0 Å². The number of halogens is 1. The SMILES string of the molecule is C1=Cc2cccc(-c3cc4ccccc4s3)c2C1.Ic1cccc2c1CC=C2.OB(O)c1cc2ccccc2s1. The first-order valence-corrected chi connectivity index (χ1v) is 15.8. The Morgan fingerprint density at radius 1 is 0.625 bits per heavy atom. The summed E-state index contributed by atoms with van der Waals surface area (Å²) in [5, 5.41) is 20.2. The van der Waals surface area contributed by atoms with E-state index in [1.807, 2.05) is 35.6 Å². The molecule has 0 fully saturated rings. The van der Waals surface area contributed by atoms with Gasteiger partial charge in [-0.1, -0.05) is 91.0 Å². The molecule has 0 saturated carbocycles. The first-order chi connectivity index (χ1) is 19.6. The second kappa shape index (κ2) is 12.2. The van der Waals surface area contributed by atoms with Crippen molar-refractivity contribution < 1.29 is 10.0 Å². The van der Waals surface area contributed by atoms with Gasteiger partial charge in [0.2, 0.25) is 0 Å². The Balaban J connectivity index is 0.000000115. The van der Waals surface area contributed by atoms with Crippen LogP contribution in [0.1, 0.15) is 22.3 Å². The lowest BCUT2D eigenvalue weighted by Gasteiger charge is -2.05. The molecule has 0 saturated heterocycles. The molecule has 0 atom stereocenters. The molecule has 2 nitrogen and oxygen atoms in total. The molecule has 2 aliphatic rings. The van der Waals surface area contributed by atoms with Gasteiger partial charge in [-0.2, -0.15) is 0 Å². The molecule has 0 unspecified atom stereocenters. The third-order valence-electron chi connectivity index (χ3n) is 7.00.